The predicted octanol–water partition coefficient (Wildman–Crippen LogP) is 1.07. The quantitative estimate of drug-likeness (QED) is 0.780. The molecule has 0 fully saturated rings. The van der Waals surface area contributed by atoms with Gasteiger partial charge in [0.05, 0.1) is 19.8 Å². The molecule has 1 atom stereocenters. The van der Waals surface area contributed by atoms with Crippen LogP contribution in [0.4, 0.5) is 0 Å². The third kappa shape index (κ3) is 2.95. The molecule has 0 aliphatic carbocycles. The minimum absolute atomic E-state index is 0.0400. The Balaban J connectivity index is 2.18. The van der Waals surface area contributed by atoms with Crippen LogP contribution in [0.15, 0.2) is 18.2 Å². The summed E-state index contributed by atoms with van der Waals surface area (Å²) >= 11 is 0. The average Bonchev–Trinajstić information content (AvgIpc) is 2.64. The first kappa shape index (κ1) is 12.7. The number of ether oxygens (including phenoxy) is 2. The molecule has 1 aliphatic rings. The van der Waals surface area contributed by atoms with Crippen LogP contribution >= 0.6 is 0 Å². The van der Waals surface area contributed by atoms with Crippen LogP contribution in [0.2, 0.25) is 0 Å². The third-order valence-corrected chi connectivity index (χ3v) is 2.86. The zero-order valence-corrected chi connectivity index (χ0v) is 10.3. The lowest BCUT2D eigenvalue weighted by atomic mass is 10.1. The van der Waals surface area contributed by atoms with Gasteiger partial charge in [-0.05, 0) is 17.7 Å². The molecule has 0 amide bonds. The molecule has 0 spiro atoms. The second kappa shape index (κ2) is 6.29. The van der Waals surface area contributed by atoms with Crippen LogP contribution in [-0.4, -0.2) is 26.3 Å². The molecule has 1 unspecified atom stereocenters. The van der Waals surface area contributed by atoms with E-state index < -0.39 is 0 Å². The van der Waals surface area contributed by atoms with Crippen LogP contribution in [0, 0.1) is 12.3 Å². The van der Waals surface area contributed by atoms with Gasteiger partial charge in [-0.3, -0.25) is 5.32 Å². The zero-order chi connectivity index (χ0) is 12.8. The Bertz CT molecular complexity index is 440. The first-order chi connectivity index (χ1) is 8.85. The first-order valence-electron chi connectivity index (χ1n) is 6.11. The van der Waals surface area contributed by atoms with Gasteiger partial charge in [0, 0.05) is 19.0 Å². The number of terminal acetylenes is 1. The fourth-order valence-corrected chi connectivity index (χ4v) is 1.92. The monoisotopic (exact) mass is 246 g/mol. The van der Waals surface area contributed by atoms with Crippen molar-refractivity contribution in [2.24, 2.45) is 5.73 Å². The molecule has 3 N–H and O–H groups in total. The molecule has 0 saturated heterocycles. The minimum Gasteiger partial charge on any atom is -0.490 e. The highest BCUT2D eigenvalue weighted by Crippen LogP contribution is 2.32. The van der Waals surface area contributed by atoms with Gasteiger partial charge in [0.15, 0.2) is 11.5 Å². The van der Waals surface area contributed by atoms with Crippen molar-refractivity contribution in [1.29, 1.82) is 0 Å². The maximum Gasteiger partial charge on any atom is 0.161 e. The molecule has 0 aromatic heterocycles. The van der Waals surface area contributed by atoms with E-state index in [1.807, 2.05) is 18.2 Å². The fourth-order valence-electron chi connectivity index (χ4n) is 1.92. The highest BCUT2D eigenvalue weighted by Gasteiger charge is 2.14. The number of fused-ring (bicyclic) bond motifs is 1. The highest BCUT2D eigenvalue weighted by molar-refractivity contribution is 5.44. The number of hydrogen-bond donors (Lipinski definition) is 2. The summed E-state index contributed by atoms with van der Waals surface area (Å²) in [5.74, 6) is 4.13. The number of nitrogens with two attached hydrogens (primary N) is 1. The molecular formula is C14H18N2O2. The zero-order valence-electron chi connectivity index (χ0n) is 10.3. The summed E-state index contributed by atoms with van der Waals surface area (Å²) in [6, 6.07) is 5.94. The molecular weight excluding hydrogens is 228 g/mol. The van der Waals surface area contributed by atoms with Crippen LogP contribution in [0.25, 0.3) is 0 Å². The third-order valence-electron chi connectivity index (χ3n) is 2.86. The van der Waals surface area contributed by atoms with Crippen LogP contribution < -0.4 is 20.5 Å². The Morgan fingerprint density at radius 3 is 2.83 bits per heavy atom. The lowest BCUT2D eigenvalue weighted by Gasteiger charge is -2.17. The molecule has 4 nitrogen and oxygen atoms in total. The van der Waals surface area contributed by atoms with Gasteiger partial charge in [-0.2, -0.15) is 0 Å². The lowest BCUT2D eigenvalue weighted by Crippen LogP contribution is -2.28. The summed E-state index contributed by atoms with van der Waals surface area (Å²) in [5, 5.41) is 3.20. The summed E-state index contributed by atoms with van der Waals surface area (Å²) in [5.41, 5.74) is 6.82. The van der Waals surface area contributed by atoms with E-state index in [-0.39, 0.29) is 6.04 Å². The standard InChI is InChI=1S/C14H18N2O2/c1-2-6-16-12(10-15)11-4-5-13-14(9-11)18-8-3-7-17-13/h1,4-5,9,12,16H,3,6-8,10,15H2. The predicted molar refractivity (Wildman–Crippen MR) is 70.7 cm³/mol. The van der Waals surface area contributed by atoms with E-state index in [1.54, 1.807) is 0 Å². The van der Waals surface area contributed by atoms with Crippen molar-refractivity contribution in [3.8, 4) is 23.8 Å². The van der Waals surface area contributed by atoms with E-state index in [0.717, 1.165) is 23.5 Å². The molecule has 0 radical (unpaired) electrons. The SMILES string of the molecule is C#CCNC(CN)c1ccc2c(c1)OCCCO2. The number of nitrogens with one attached hydrogen (secondary N) is 1. The molecule has 2 rings (SSSR count). The minimum atomic E-state index is 0.0400. The average molecular weight is 246 g/mol. The van der Waals surface area contributed by atoms with Crippen molar-refractivity contribution in [1.82, 2.24) is 5.32 Å². The molecule has 18 heavy (non-hydrogen) atoms. The van der Waals surface area contributed by atoms with Gasteiger partial charge in [-0.15, -0.1) is 6.42 Å². The van der Waals surface area contributed by atoms with Gasteiger partial charge in [0.1, 0.15) is 0 Å². The summed E-state index contributed by atoms with van der Waals surface area (Å²) in [6.07, 6.45) is 6.15. The number of hydrogen-bond acceptors (Lipinski definition) is 4. The Morgan fingerprint density at radius 2 is 2.11 bits per heavy atom. The van der Waals surface area contributed by atoms with Crippen LogP contribution in [0.5, 0.6) is 11.5 Å². The van der Waals surface area contributed by atoms with Gasteiger partial charge >= 0.3 is 0 Å². The van der Waals surface area contributed by atoms with E-state index in [0.29, 0.717) is 26.3 Å². The highest BCUT2D eigenvalue weighted by atomic mass is 16.5. The van der Waals surface area contributed by atoms with E-state index in [1.165, 1.54) is 0 Å². The van der Waals surface area contributed by atoms with Crippen LogP contribution in [0.3, 0.4) is 0 Å². The summed E-state index contributed by atoms with van der Waals surface area (Å²) < 4.78 is 11.2. The van der Waals surface area contributed by atoms with Crippen molar-refractivity contribution in [2.45, 2.75) is 12.5 Å². The second-order valence-corrected chi connectivity index (χ2v) is 4.13. The van der Waals surface area contributed by atoms with E-state index in [2.05, 4.69) is 11.2 Å². The van der Waals surface area contributed by atoms with Crippen molar-refractivity contribution in [3.63, 3.8) is 0 Å². The van der Waals surface area contributed by atoms with E-state index in [4.69, 9.17) is 21.6 Å². The maximum atomic E-state index is 5.75. The molecule has 1 aliphatic heterocycles. The number of rotatable bonds is 4. The molecule has 1 heterocycles. The van der Waals surface area contributed by atoms with Gasteiger partial charge in [0.25, 0.3) is 0 Å². The number of benzene rings is 1. The largest absolute Gasteiger partial charge is 0.490 e. The van der Waals surface area contributed by atoms with Gasteiger partial charge in [-0.25, -0.2) is 0 Å². The van der Waals surface area contributed by atoms with Crippen LogP contribution in [-0.2, 0) is 0 Å². The Morgan fingerprint density at radius 1 is 1.33 bits per heavy atom. The fraction of sp³-hybridized carbons (Fsp3) is 0.429. The molecule has 96 valence electrons. The van der Waals surface area contributed by atoms with Crippen molar-refractivity contribution in [3.05, 3.63) is 23.8 Å². The first-order valence-corrected chi connectivity index (χ1v) is 6.11. The van der Waals surface area contributed by atoms with Crippen molar-refractivity contribution >= 4 is 0 Å². The lowest BCUT2D eigenvalue weighted by molar-refractivity contribution is 0.297. The van der Waals surface area contributed by atoms with Gasteiger partial charge in [-0.1, -0.05) is 12.0 Å². The Labute approximate surface area is 107 Å². The molecule has 0 saturated carbocycles. The smallest absolute Gasteiger partial charge is 0.161 e. The topological polar surface area (TPSA) is 56.5 Å². The Kier molecular flexibility index (Phi) is 4.46. The summed E-state index contributed by atoms with van der Waals surface area (Å²) in [7, 11) is 0. The van der Waals surface area contributed by atoms with Gasteiger partial charge in [0.2, 0.25) is 0 Å². The maximum absolute atomic E-state index is 5.75. The normalized spacial score (nSPS) is 15.6. The summed E-state index contributed by atoms with van der Waals surface area (Å²) in [6.45, 7) is 2.36. The van der Waals surface area contributed by atoms with Crippen LogP contribution in [0.1, 0.15) is 18.0 Å². The van der Waals surface area contributed by atoms with Crippen molar-refractivity contribution < 1.29 is 9.47 Å². The summed E-state index contributed by atoms with van der Waals surface area (Å²) in [4.78, 5) is 0. The molecule has 1 aromatic rings. The molecule has 4 heteroatoms. The second-order valence-electron chi connectivity index (χ2n) is 4.13. The molecule has 0 bridgehead atoms. The van der Waals surface area contributed by atoms with E-state index >= 15 is 0 Å². The molecule has 1 aromatic carbocycles. The van der Waals surface area contributed by atoms with Crippen molar-refractivity contribution in [2.75, 3.05) is 26.3 Å². The van der Waals surface area contributed by atoms with E-state index in [9.17, 15) is 0 Å². The van der Waals surface area contributed by atoms with Gasteiger partial charge < -0.3 is 15.2 Å². The Hall–Kier alpha value is -1.70.